The molecule has 0 aliphatic carbocycles. The average molecular weight is 581 g/mol. The Kier molecular flexibility index (Phi) is 10.1. The van der Waals surface area contributed by atoms with Crippen LogP contribution in [0.5, 0.6) is 0 Å². The van der Waals surface area contributed by atoms with Crippen LogP contribution in [0.4, 0.5) is 10.1 Å². The first-order chi connectivity index (χ1) is 18.0. The first kappa shape index (κ1) is 29.4. The summed E-state index contributed by atoms with van der Waals surface area (Å²) in [5.74, 6) is -1.47. The third-order valence-electron chi connectivity index (χ3n) is 5.76. The Morgan fingerprint density at radius 3 is 2.24 bits per heavy atom. The number of anilines is 1. The van der Waals surface area contributed by atoms with Crippen LogP contribution in [0.25, 0.3) is 0 Å². The molecule has 0 heterocycles. The minimum absolute atomic E-state index is 0.0375. The van der Waals surface area contributed by atoms with Gasteiger partial charge in [-0.05, 0) is 73.5 Å². The zero-order chi connectivity index (χ0) is 27.9. The lowest BCUT2D eigenvalue weighted by Crippen LogP contribution is -2.51. The summed E-state index contributed by atoms with van der Waals surface area (Å²) in [5, 5.41) is 3.39. The van der Waals surface area contributed by atoms with Gasteiger partial charge in [0.05, 0.1) is 10.6 Å². The van der Waals surface area contributed by atoms with Crippen LogP contribution in [0.15, 0.2) is 77.7 Å². The number of amides is 2. The summed E-state index contributed by atoms with van der Waals surface area (Å²) in [6.07, 6.45) is 0.701. The number of halogens is 3. The molecule has 1 atom stereocenters. The smallest absolute Gasteiger partial charge is 0.264 e. The van der Waals surface area contributed by atoms with Crippen molar-refractivity contribution in [2.45, 2.75) is 37.8 Å². The van der Waals surface area contributed by atoms with Crippen LogP contribution in [0.2, 0.25) is 10.0 Å². The number of sulfonamides is 1. The van der Waals surface area contributed by atoms with E-state index in [1.165, 1.54) is 65.6 Å². The van der Waals surface area contributed by atoms with Crippen LogP contribution in [0, 0.1) is 5.82 Å². The molecule has 0 aromatic heterocycles. The van der Waals surface area contributed by atoms with Gasteiger partial charge in [-0.2, -0.15) is 0 Å². The minimum atomic E-state index is -4.24. The summed E-state index contributed by atoms with van der Waals surface area (Å²) in [6.45, 7) is 3.23. The van der Waals surface area contributed by atoms with Gasteiger partial charge >= 0.3 is 0 Å². The fourth-order valence-corrected chi connectivity index (χ4v) is 5.38. The molecule has 3 aromatic rings. The number of benzene rings is 3. The Morgan fingerprint density at radius 2 is 1.63 bits per heavy atom. The van der Waals surface area contributed by atoms with Gasteiger partial charge in [-0.1, -0.05) is 48.3 Å². The maximum atomic E-state index is 13.7. The molecule has 0 spiro atoms. The van der Waals surface area contributed by atoms with Gasteiger partial charge in [0, 0.05) is 23.1 Å². The van der Waals surface area contributed by atoms with Crippen LogP contribution < -0.4 is 9.62 Å². The van der Waals surface area contributed by atoms with Crippen molar-refractivity contribution in [2.75, 3.05) is 17.4 Å². The third-order valence-corrected chi connectivity index (χ3v) is 8.03. The summed E-state index contributed by atoms with van der Waals surface area (Å²) in [6, 6.07) is 16.3. The van der Waals surface area contributed by atoms with Gasteiger partial charge in [-0.15, -0.1) is 0 Å². The maximum absolute atomic E-state index is 13.7. The number of hydrogen-bond donors (Lipinski definition) is 1. The highest BCUT2D eigenvalue weighted by molar-refractivity contribution is 7.92. The normalized spacial score (nSPS) is 12.0. The van der Waals surface area contributed by atoms with Crippen molar-refractivity contribution < 1.29 is 22.4 Å². The van der Waals surface area contributed by atoms with Crippen LogP contribution >= 0.6 is 23.2 Å². The van der Waals surface area contributed by atoms with Gasteiger partial charge < -0.3 is 10.2 Å². The second-order valence-corrected chi connectivity index (χ2v) is 11.3. The molecule has 0 radical (unpaired) electrons. The molecule has 0 aliphatic rings. The second-order valence-electron chi connectivity index (χ2n) is 8.56. The van der Waals surface area contributed by atoms with Crippen molar-refractivity contribution in [3.63, 3.8) is 0 Å². The number of nitrogens with zero attached hydrogens (tertiary/aromatic N) is 2. The van der Waals surface area contributed by atoms with Gasteiger partial charge in [0.15, 0.2) is 0 Å². The topological polar surface area (TPSA) is 86.8 Å². The van der Waals surface area contributed by atoms with Gasteiger partial charge in [0.1, 0.15) is 18.4 Å². The minimum Gasteiger partial charge on any atom is -0.354 e. The van der Waals surface area contributed by atoms with Crippen molar-refractivity contribution >= 4 is 50.7 Å². The molecule has 3 aromatic carbocycles. The highest BCUT2D eigenvalue weighted by Crippen LogP contribution is 2.27. The van der Waals surface area contributed by atoms with E-state index in [9.17, 15) is 22.4 Å². The molecule has 38 heavy (non-hydrogen) atoms. The van der Waals surface area contributed by atoms with Crippen molar-refractivity contribution in [2.24, 2.45) is 0 Å². The fourth-order valence-electron chi connectivity index (χ4n) is 3.66. The van der Waals surface area contributed by atoms with E-state index in [4.69, 9.17) is 23.2 Å². The first-order valence-electron chi connectivity index (χ1n) is 11.9. The van der Waals surface area contributed by atoms with Crippen molar-refractivity contribution in [1.82, 2.24) is 10.2 Å². The van der Waals surface area contributed by atoms with E-state index in [2.05, 4.69) is 5.32 Å². The molecule has 0 saturated heterocycles. The summed E-state index contributed by atoms with van der Waals surface area (Å²) in [7, 11) is -4.24. The molecule has 0 bridgehead atoms. The van der Waals surface area contributed by atoms with Crippen LogP contribution in [0.3, 0.4) is 0 Å². The maximum Gasteiger partial charge on any atom is 0.264 e. The predicted octanol–water partition coefficient (Wildman–Crippen LogP) is 5.27. The second kappa shape index (κ2) is 13.1. The molecule has 202 valence electrons. The molecular weight excluding hydrogens is 552 g/mol. The van der Waals surface area contributed by atoms with E-state index in [1.807, 2.05) is 6.92 Å². The molecule has 0 saturated carbocycles. The molecule has 11 heteroatoms. The zero-order valence-corrected chi connectivity index (χ0v) is 23.2. The van der Waals surface area contributed by atoms with E-state index in [0.29, 0.717) is 23.6 Å². The molecule has 2 amide bonds. The highest BCUT2D eigenvalue weighted by atomic mass is 35.5. The summed E-state index contributed by atoms with van der Waals surface area (Å²) >= 11 is 12.1. The SMILES string of the molecule is CCCNC(=O)[C@H](C)N(Cc1ccc(F)cc1)C(=O)CN(c1cccc(Cl)c1)S(=O)(=O)c1ccc(Cl)cc1. The van der Waals surface area contributed by atoms with Crippen LogP contribution in [-0.2, 0) is 26.2 Å². The largest absolute Gasteiger partial charge is 0.354 e. The average Bonchev–Trinajstić information content (AvgIpc) is 2.89. The Morgan fingerprint density at radius 1 is 0.974 bits per heavy atom. The third kappa shape index (κ3) is 7.46. The molecular formula is C27H28Cl2FN3O4S. The van der Waals surface area contributed by atoms with Gasteiger partial charge in [0.25, 0.3) is 10.0 Å². The quantitative estimate of drug-likeness (QED) is 0.335. The van der Waals surface area contributed by atoms with Crippen molar-refractivity contribution in [1.29, 1.82) is 0 Å². The number of rotatable bonds is 11. The Hall–Kier alpha value is -3.14. The molecule has 0 fully saturated rings. The Bertz CT molecular complexity index is 1370. The van der Waals surface area contributed by atoms with Gasteiger partial charge in [0.2, 0.25) is 11.8 Å². The van der Waals surface area contributed by atoms with E-state index >= 15 is 0 Å². The number of hydrogen-bond acceptors (Lipinski definition) is 4. The first-order valence-corrected chi connectivity index (χ1v) is 14.1. The molecule has 0 aliphatic heterocycles. The monoisotopic (exact) mass is 579 g/mol. The lowest BCUT2D eigenvalue weighted by atomic mass is 10.1. The summed E-state index contributed by atoms with van der Waals surface area (Å²) < 4.78 is 41.8. The lowest BCUT2D eigenvalue weighted by molar-refractivity contribution is -0.139. The Labute approximate surface area is 232 Å². The Balaban J connectivity index is 2.01. The molecule has 0 unspecified atom stereocenters. The lowest BCUT2D eigenvalue weighted by Gasteiger charge is -2.32. The highest BCUT2D eigenvalue weighted by Gasteiger charge is 2.32. The number of carbonyl (C=O) groups excluding carboxylic acids is 2. The van der Waals surface area contributed by atoms with E-state index in [-0.39, 0.29) is 22.2 Å². The van der Waals surface area contributed by atoms with Gasteiger partial charge in [-0.3, -0.25) is 13.9 Å². The van der Waals surface area contributed by atoms with Crippen molar-refractivity contribution in [3.05, 3.63) is 94.2 Å². The van der Waals surface area contributed by atoms with Crippen LogP contribution in [0.1, 0.15) is 25.8 Å². The predicted molar refractivity (Wildman–Crippen MR) is 147 cm³/mol. The molecule has 7 nitrogen and oxygen atoms in total. The standard InChI is InChI=1S/C27H28Cl2FN3O4S/c1-3-15-31-27(35)19(2)32(17-20-7-11-23(30)12-8-20)26(34)18-33(24-6-4-5-22(29)16-24)38(36,37)25-13-9-21(28)10-14-25/h4-14,16,19H,3,15,17-18H2,1-2H3,(H,31,35)/t19-/m0/s1. The van der Waals surface area contributed by atoms with E-state index < -0.39 is 40.2 Å². The fraction of sp³-hybridized carbons (Fsp3) is 0.259. The number of nitrogens with one attached hydrogen (secondary N) is 1. The van der Waals surface area contributed by atoms with Crippen molar-refractivity contribution in [3.8, 4) is 0 Å². The van der Waals surface area contributed by atoms with Gasteiger partial charge in [-0.25, -0.2) is 12.8 Å². The summed E-state index contributed by atoms with van der Waals surface area (Å²) in [4.78, 5) is 27.8. The molecule has 3 rings (SSSR count). The number of carbonyl (C=O) groups is 2. The molecule has 1 N–H and O–H groups in total. The zero-order valence-electron chi connectivity index (χ0n) is 20.9. The summed E-state index contributed by atoms with van der Waals surface area (Å²) in [5.41, 5.74) is 0.746. The van der Waals surface area contributed by atoms with E-state index in [1.54, 1.807) is 19.1 Å². The van der Waals surface area contributed by atoms with E-state index in [0.717, 1.165) is 4.31 Å². The van der Waals surface area contributed by atoms with Crippen LogP contribution in [-0.4, -0.2) is 44.3 Å².